The molecule has 0 aliphatic carbocycles. The highest BCUT2D eigenvalue weighted by Crippen LogP contribution is 2.25. The molecule has 4 nitrogen and oxygen atoms in total. The molecule has 0 aliphatic heterocycles. The molecule has 168 valence electrons. The summed E-state index contributed by atoms with van der Waals surface area (Å²) in [5.74, 6) is -0.525. The molecule has 0 saturated heterocycles. The molecule has 2 aromatic rings. The fourth-order valence-electron chi connectivity index (χ4n) is 2.85. The molecular weight excluding hydrogens is 458 g/mol. The number of halogens is 3. The summed E-state index contributed by atoms with van der Waals surface area (Å²) in [5, 5.41) is 3.78. The van der Waals surface area contributed by atoms with Crippen LogP contribution in [0.3, 0.4) is 0 Å². The highest BCUT2D eigenvalue weighted by Gasteiger charge is 2.27. The fourth-order valence-corrected chi connectivity index (χ4v) is 4.30. The van der Waals surface area contributed by atoms with E-state index >= 15 is 0 Å². The largest absolute Gasteiger partial charge is 0.352 e. The van der Waals surface area contributed by atoms with Crippen molar-refractivity contribution in [2.75, 3.05) is 5.75 Å². The van der Waals surface area contributed by atoms with Gasteiger partial charge in [0.15, 0.2) is 0 Å². The third-order valence-electron chi connectivity index (χ3n) is 5.00. The topological polar surface area (TPSA) is 49.4 Å². The highest BCUT2D eigenvalue weighted by atomic mass is 35.5. The number of benzene rings is 2. The Morgan fingerprint density at radius 1 is 1.10 bits per heavy atom. The van der Waals surface area contributed by atoms with Crippen molar-refractivity contribution in [1.82, 2.24) is 10.2 Å². The minimum Gasteiger partial charge on any atom is -0.352 e. The summed E-state index contributed by atoms with van der Waals surface area (Å²) in [5.41, 5.74) is 1.12. The zero-order valence-corrected chi connectivity index (χ0v) is 20.2. The molecule has 2 rings (SSSR count). The standard InChI is InChI=1S/C23H27Cl2FN2O2S/c1-4-15(2)27-23(30)16(3)28(12-17-8-5-6-9-19(17)24)22(29)14-31-13-18-20(25)10-7-11-21(18)26/h5-11,15-16H,4,12-14H2,1-3H3,(H,27,30)/t15-,16+/m1/s1. The van der Waals surface area contributed by atoms with Crippen LogP contribution in [0.1, 0.15) is 38.3 Å². The molecule has 2 amide bonds. The number of carbonyl (C=O) groups excluding carboxylic acids is 2. The van der Waals surface area contributed by atoms with Gasteiger partial charge < -0.3 is 10.2 Å². The van der Waals surface area contributed by atoms with Gasteiger partial charge in [-0.3, -0.25) is 9.59 Å². The fraction of sp³-hybridized carbons (Fsp3) is 0.391. The van der Waals surface area contributed by atoms with Crippen LogP contribution in [0.25, 0.3) is 0 Å². The van der Waals surface area contributed by atoms with Crippen LogP contribution in [-0.2, 0) is 21.9 Å². The number of nitrogens with zero attached hydrogens (tertiary/aromatic N) is 1. The van der Waals surface area contributed by atoms with E-state index in [1.54, 1.807) is 25.1 Å². The van der Waals surface area contributed by atoms with Crippen molar-refractivity contribution >= 4 is 46.8 Å². The maximum absolute atomic E-state index is 14.0. The third-order valence-corrected chi connectivity index (χ3v) is 6.67. The van der Waals surface area contributed by atoms with E-state index in [0.717, 1.165) is 12.0 Å². The maximum Gasteiger partial charge on any atom is 0.242 e. The van der Waals surface area contributed by atoms with Crippen LogP contribution in [0, 0.1) is 5.82 Å². The minimum atomic E-state index is -0.685. The van der Waals surface area contributed by atoms with Gasteiger partial charge in [-0.1, -0.05) is 54.4 Å². The molecule has 0 radical (unpaired) electrons. The molecule has 0 saturated carbocycles. The average molecular weight is 485 g/mol. The van der Waals surface area contributed by atoms with Gasteiger partial charge in [0, 0.05) is 33.9 Å². The second-order valence-electron chi connectivity index (χ2n) is 7.30. The second-order valence-corrected chi connectivity index (χ2v) is 9.10. The number of nitrogens with one attached hydrogen (secondary N) is 1. The number of carbonyl (C=O) groups is 2. The van der Waals surface area contributed by atoms with Crippen molar-refractivity contribution in [3.8, 4) is 0 Å². The predicted molar refractivity (Wildman–Crippen MR) is 127 cm³/mol. The van der Waals surface area contributed by atoms with Gasteiger partial charge in [-0.25, -0.2) is 4.39 Å². The van der Waals surface area contributed by atoms with E-state index in [0.29, 0.717) is 15.6 Å². The monoisotopic (exact) mass is 484 g/mol. The molecule has 0 spiro atoms. The Labute approximate surface area is 197 Å². The summed E-state index contributed by atoms with van der Waals surface area (Å²) >= 11 is 13.6. The maximum atomic E-state index is 14.0. The van der Waals surface area contributed by atoms with Crippen molar-refractivity contribution in [1.29, 1.82) is 0 Å². The Morgan fingerprint density at radius 3 is 2.42 bits per heavy atom. The Hall–Kier alpha value is -1.76. The Kier molecular flexibility index (Phi) is 10.1. The quantitative estimate of drug-likeness (QED) is 0.470. The highest BCUT2D eigenvalue weighted by molar-refractivity contribution is 7.99. The molecule has 0 aromatic heterocycles. The molecule has 2 aromatic carbocycles. The molecule has 0 unspecified atom stereocenters. The van der Waals surface area contributed by atoms with E-state index in [-0.39, 0.29) is 35.9 Å². The van der Waals surface area contributed by atoms with Crippen LogP contribution in [0.5, 0.6) is 0 Å². The summed E-state index contributed by atoms with van der Waals surface area (Å²) in [6, 6.07) is 11.0. The van der Waals surface area contributed by atoms with E-state index in [1.165, 1.54) is 22.7 Å². The van der Waals surface area contributed by atoms with Gasteiger partial charge in [-0.2, -0.15) is 0 Å². The van der Waals surface area contributed by atoms with Gasteiger partial charge in [-0.05, 0) is 44.0 Å². The SMILES string of the molecule is CC[C@@H](C)NC(=O)[C@H](C)N(Cc1ccccc1Cl)C(=O)CSCc1c(F)cccc1Cl. The molecular formula is C23H27Cl2FN2O2S. The Morgan fingerprint density at radius 2 is 1.77 bits per heavy atom. The van der Waals surface area contributed by atoms with Crippen molar-refractivity contribution < 1.29 is 14.0 Å². The van der Waals surface area contributed by atoms with Crippen LogP contribution < -0.4 is 5.32 Å². The van der Waals surface area contributed by atoms with Crippen LogP contribution in [-0.4, -0.2) is 34.6 Å². The zero-order chi connectivity index (χ0) is 23.0. The molecule has 0 bridgehead atoms. The number of amides is 2. The zero-order valence-electron chi connectivity index (χ0n) is 17.8. The predicted octanol–water partition coefficient (Wildman–Crippen LogP) is 5.70. The van der Waals surface area contributed by atoms with Gasteiger partial charge >= 0.3 is 0 Å². The van der Waals surface area contributed by atoms with Crippen LogP contribution >= 0.6 is 35.0 Å². The second kappa shape index (κ2) is 12.3. The first-order chi connectivity index (χ1) is 14.7. The molecule has 0 heterocycles. The van der Waals surface area contributed by atoms with Crippen LogP contribution in [0.2, 0.25) is 10.0 Å². The molecule has 2 atom stereocenters. The minimum absolute atomic E-state index is 0.00443. The first-order valence-electron chi connectivity index (χ1n) is 10.1. The van der Waals surface area contributed by atoms with Crippen LogP contribution in [0.15, 0.2) is 42.5 Å². The van der Waals surface area contributed by atoms with E-state index in [2.05, 4.69) is 5.32 Å². The first-order valence-corrected chi connectivity index (χ1v) is 12.0. The van der Waals surface area contributed by atoms with Gasteiger partial charge in [0.05, 0.1) is 5.75 Å². The first kappa shape index (κ1) is 25.5. The number of thioether (sulfide) groups is 1. The van der Waals surface area contributed by atoms with Crippen molar-refractivity contribution in [3.63, 3.8) is 0 Å². The van der Waals surface area contributed by atoms with Crippen molar-refractivity contribution in [2.24, 2.45) is 0 Å². The van der Waals surface area contributed by atoms with E-state index in [1.807, 2.05) is 32.0 Å². The van der Waals surface area contributed by atoms with Crippen LogP contribution in [0.4, 0.5) is 4.39 Å². The molecule has 0 fully saturated rings. The number of hydrogen-bond donors (Lipinski definition) is 1. The Balaban J connectivity index is 2.13. The van der Waals surface area contributed by atoms with Crippen molar-refractivity contribution in [3.05, 3.63) is 69.5 Å². The third kappa shape index (κ3) is 7.41. The number of hydrogen-bond acceptors (Lipinski definition) is 3. The van der Waals surface area contributed by atoms with E-state index in [9.17, 15) is 14.0 Å². The smallest absolute Gasteiger partial charge is 0.242 e. The normalized spacial score (nSPS) is 12.8. The average Bonchev–Trinajstić information content (AvgIpc) is 2.74. The lowest BCUT2D eigenvalue weighted by Gasteiger charge is -2.30. The Bertz CT molecular complexity index is 893. The lowest BCUT2D eigenvalue weighted by molar-refractivity contribution is -0.138. The molecule has 31 heavy (non-hydrogen) atoms. The van der Waals surface area contributed by atoms with Gasteiger partial charge in [0.25, 0.3) is 0 Å². The lowest BCUT2D eigenvalue weighted by Crippen LogP contribution is -2.50. The summed E-state index contributed by atoms with van der Waals surface area (Å²) in [6.07, 6.45) is 0.788. The van der Waals surface area contributed by atoms with Gasteiger partial charge in [-0.15, -0.1) is 11.8 Å². The van der Waals surface area contributed by atoms with E-state index in [4.69, 9.17) is 23.2 Å². The molecule has 8 heteroatoms. The van der Waals surface area contributed by atoms with Gasteiger partial charge in [0.2, 0.25) is 11.8 Å². The van der Waals surface area contributed by atoms with Gasteiger partial charge in [0.1, 0.15) is 11.9 Å². The summed E-state index contributed by atoms with van der Waals surface area (Å²) in [6.45, 7) is 5.80. The number of rotatable bonds is 10. The summed E-state index contributed by atoms with van der Waals surface area (Å²) in [7, 11) is 0. The van der Waals surface area contributed by atoms with E-state index < -0.39 is 11.9 Å². The summed E-state index contributed by atoms with van der Waals surface area (Å²) in [4.78, 5) is 27.3. The van der Waals surface area contributed by atoms with Crippen molar-refractivity contribution in [2.45, 2.75) is 51.6 Å². The molecule has 1 N–H and O–H groups in total. The lowest BCUT2D eigenvalue weighted by atomic mass is 10.1. The molecule has 0 aliphatic rings. The summed E-state index contributed by atoms with van der Waals surface area (Å²) < 4.78 is 14.0.